The molecule has 0 fully saturated rings. The number of ketones is 1. The Morgan fingerprint density at radius 1 is 1.27 bits per heavy atom. The largest absolute Gasteiger partial charge is 0.490 e. The molecule has 0 aliphatic carbocycles. The molecule has 1 heterocycles. The minimum Gasteiger partial charge on any atom is -0.490 e. The number of halogens is 1. The number of hydrogen-bond donors (Lipinski definition) is 1. The Kier molecular flexibility index (Phi) is 5.03. The second-order valence-electron chi connectivity index (χ2n) is 6.50. The molecule has 1 N–H and O–H groups in total. The molecular formula is C20H20ClNO4. The maximum Gasteiger partial charge on any atom is 0.264 e. The number of aliphatic hydroxyl groups is 1. The van der Waals surface area contributed by atoms with Gasteiger partial charge < -0.3 is 14.7 Å². The van der Waals surface area contributed by atoms with Gasteiger partial charge in [-0.1, -0.05) is 41.4 Å². The Labute approximate surface area is 157 Å². The van der Waals surface area contributed by atoms with Crippen LogP contribution in [0.3, 0.4) is 0 Å². The number of aryl methyl sites for hydroxylation is 1. The van der Waals surface area contributed by atoms with Crippen molar-refractivity contribution in [2.24, 2.45) is 0 Å². The number of benzene rings is 2. The van der Waals surface area contributed by atoms with E-state index in [9.17, 15) is 14.7 Å². The Morgan fingerprint density at radius 2 is 2.00 bits per heavy atom. The van der Waals surface area contributed by atoms with Gasteiger partial charge in [-0.15, -0.1) is 0 Å². The fourth-order valence-corrected chi connectivity index (χ4v) is 3.42. The number of ether oxygens (including phenoxy) is 1. The van der Waals surface area contributed by atoms with E-state index in [-0.39, 0.29) is 25.4 Å². The molecule has 0 bridgehead atoms. The predicted octanol–water partition coefficient (Wildman–Crippen LogP) is 3.24. The number of amides is 1. The lowest BCUT2D eigenvalue weighted by Gasteiger charge is -2.22. The zero-order chi connectivity index (χ0) is 18.9. The molecule has 0 saturated carbocycles. The van der Waals surface area contributed by atoms with Crippen LogP contribution in [-0.4, -0.2) is 29.9 Å². The number of anilines is 1. The summed E-state index contributed by atoms with van der Waals surface area (Å²) in [7, 11) is 0. The van der Waals surface area contributed by atoms with Crippen LogP contribution in [0, 0.1) is 6.92 Å². The lowest BCUT2D eigenvalue weighted by molar-refractivity contribution is -0.141. The number of carbonyl (C=O) groups excluding carboxylic acids is 2. The van der Waals surface area contributed by atoms with E-state index in [0.717, 1.165) is 5.56 Å². The number of fused-ring (bicyclic) bond motifs is 1. The average Bonchev–Trinajstić information content (AvgIpc) is 2.77. The third-order valence-corrected chi connectivity index (χ3v) is 4.71. The topological polar surface area (TPSA) is 66.8 Å². The number of para-hydroxylation sites is 1. The van der Waals surface area contributed by atoms with Gasteiger partial charge in [0, 0.05) is 12.0 Å². The smallest absolute Gasteiger partial charge is 0.264 e. The normalized spacial score (nSPS) is 18.8. The minimum absolute atomic E-state index is 0.207. The first-order valence-electron chi connectivity index (χ1n) is 8.35. The minimum atomic E-state index is -1.82. The molecule has 3 rings (SSSR count). The van der Waals surface area contributed by atoms with Crippen LogP contribution in [-0.2, 0) is 15.2 Å². The summed E-state index contributed by atoms with van der Waals surface area (Å²) in [4.78, 5) is 26.0. The van der Waals surface area contributed by atoms with Crippen LogP contribution in [0.25, 0.3) is 0 Å². The van der Waals surface area contributed by atoms with Crippen molar-refractivity contribution >= 4 is 29.0 Å². The SMILES string of the molecule is CC(=O)CC1(O)C(=O)N(CCOc2ccccc2Cl)c2ccc(C)cc21. The summed E-state index contributed by atoms with van der Waals surface area (Å²) >= 11 is 6.07. The van der Waals surface area contributed by atoms with E-state index >= 15 is 0 Å². The molecule has 0 spiro atoms. The van der Waals surface area contributed by atoms with Crippen molar-refractivity contribution in [3.05, 3.63) is 58.6 Å². The van der Waals surface area contributed by atoms with E-state index in [0.29, 0.717) is 22.0 Å². The van der Waals surface area contributed by atoms with Gasteiger partial charge in [0.05, 0.1) is 17.3 Å². The second-order valence-corrected chi connectivity index (χ2v) is 6.90. The number of hydrogen-bond acceptors (Lipinski definition) is 4. The molecule has 2 aromatic carbocycles. The van der Waals surface area contributed by atoms with E-state index in [1.807, 2.05) is 19.1 Å². The molecule has 1 aliphatic rings. The number of carbonyl (C=O) groups is 2. The fraction of sp³-hybridized carbons (Fsp3) is 0.300. The summed E-state index contributed by atoms with van der Waals surface area (Å²) in [6.07, 6.45) is -0.246. The van der Waals surface area contributed by atoms with Gasteiger partial charge in [0.2, 0.25) is 0 Å². The molecule has 1 atom stereocenters. The molecule has 2 aromatic rings. The predicted molar refractivity (Wildman–Crippen MR) is 99.7 cm³/mol. The summed E-state index contributed by atoms with van der Waals surface area (Å²) in [5, 5.41) is 11.5. The van der Waals surface area contributed by atoms with Crippen LogP contribution < -0.4 is 9.64 Å². The van der Waals surface area contributed by atoms with Gasteiger partial charge in [0.15, 0.2) is 5.60 Å². The highest BCUT2D eigenvalue weighted by Crippen LogP contribution is 2.42. The van der Waals surface area contributed by atoms with Gasteiger partial charge in [-0.3, -0.25) is 9.59 Å². The van der Waals surface area contributed by atoms with Crippen molar-refractivity contribution in [3.8, 4) is 5.75 Å². The van der Waals surface area contributed by atoms with Crippen molar-refractivity contribution < 1.29 is 19.4 Å². The summed E-state index contributed by atoms with van der Waals surface area (Å²) in [5.74, 6) is -0.220. The van der Waals surface area contributed by atoms with Crippen molar-refractivity contribution in [1.82, 2.24) is 0 Å². The summed E-state index contributed by atoms with van der Waals surface area (Å²) in [6.45, 7) is 3.69. The molecule has 0 aromatic heterocycles. The molecule has 1 amide bonds. The number of Topliss-reactive ketones (excluding diaryl/α,β-unsaturated/α-hetero) is 1. The van der Waals surface area contributed by atoms with Gasteiger partial charge in [-0.25, -0.2) is 0 Å². The highest BCUT2D eigenvalue weighted by Gasteiger charge is 2.50. The van der Waals surface area contributed by atoms with Crippen LogP contribution in [0.15, 0.2) is 42.5 Å². The molecule has 1 aliphatic heterocycles. The first kappa shape index (κ1) is 18.4. The third-order valence-electron chi connectivity index (χ3n) is 4.40. The van der Waals surface area contributed by atoms with E-state index in [4.69, 9.17) is 16.3 Å². The molecule has 0 radical (unpaired) electrons. The highest BCUT2D eigenvalue weighted by molar-refractivity contribution is 6.32. The monoisotopic (exact) mass is 373 g/mol. The lowest BCUT2D eigenvalue weighted by atomic mass is 9.89. The van der Waals surface area contributed by atoms with Crippen molar-refractivity contribution in [1.29, 1.82) is 0 Å². The molecular weight excluding hydrogens is 354 g/mol. The highest BCUT2D eigenvalue weighted by atomic mass is 35.5. The Morgan fingerprint density at radius 3 is 2.69 bits per heavy atom. The number of rotatable bonds is 6. The van der Waals surface area contributed by atoms with Crippen LogP contribution in [0.5, 0.6) is 5.75 Å². The average molecular weight is 374 g/mol. The molecule has 1 unspecified atom stereocenters. The van der Waals surface area contributed by atoms with Crippen LogP contribution >= 0.6 is 11.6 Å². The van der Waals surface area contributed by atoms with Gasteiger partial charge in [-0.2, -0.15) is 0 Å². The van der Waals surface area contributed by atoms with Gasteiger partial charge in [0.25, 0.3) is 5.91 Å². The van der Waals surface area contributed by atoms with Crippen molar-refractivity contribution in [3.63, 3.8) is 0 Å². The van der Waals surface area contributed by atoms with Crippen molar-refractivity contribution in [2.75, 3.05) is 18.1 Å². The fourth-order valence-electron chi connectivity index (χ4n) is 3.23. The molecule has 26 heavy (non-hydrogen) atoms. The maximum atomic E-state index is 12.9. The number of nitrogens with zero attached hydrogens (tertiary/aromatic N) is 1. The summed E-state index contributed by atoms with van der Waals surface area (Å²) in [5.41, 5.74) is 0.160. The lowest BCUT2D eigenvalue weighted by Crippen LogP contribution is -2.43. The molecule has 5 nitrogen and oxygen atoms in total. The first-order valence-corrected chi connectivity index (χ1v) is 8.73. The van der Waals surface area contributed by atoms with E-state index in [1.54, 1.807) is 30.3 Å². The standard InChI is InChI=1S/C20H20ClNO4/c1-13-7-8-17-15(11-13)20(25,12-14(2)23)19(24)22(17)9-10-26-18-6-4-3-5-16(18)21/h3-8,11,25H,9-10,12H2,1-2H3. The summed E-state index contributed by atoms with van der Waals surface area (Å²) in [6, 6.07) is 12.5. The van der Waals surface area contributed by atoms with Gasteiger partial charge in [-0.05, 0) is 32.0 Å². The van der Waals surface area contributed by atoms with Crippen LogP contribution in [0.2, 0.25) is 5.02 Å². The quantitative estimate of drug-likeness (QED) is 0.844. The van der Waals surface area contributed by atoms with Gasteiger partial charge in [0.1, 0.15) is 18.1 Å². The maximum absolute atomic E-state index is 12.9. The Bertz CT molecular complexity index is 867. The zero-order valence-electron chi connectivity index (χ0n) is 14.7. The van der Waals surface area contributed by atoms with Crippen molar-refractivity contribution in [2.45, 2.75) is 25.9 Å². The van der Waals surface area contributed by atoms with E-state index in [2.05, 4.69) is 0 Å². The van der Waals surface area contributed by atoms with Crippen LogP contribution in [0.4, 0.5) is 5.69 Å². The van der Waals surface area contributed by atoms with Crippen LogP contribution in [0.1, 0.15) is 24.5 Å². The van der Waals surface area contributed by atoms with E-state index in [1.165, 1.54) is 11.8 Å². The molecule has 0 saturated heterocycles. The first-order chi connectivity index (χ1) is 12.3. The Balaban J connectivity index is 1.83. The second kappa shape index (κ2) is 7.09. The molecule has 6 heteroatoms. The third kappa shape index (κ3) is 3.32. The Hall–Kier alpha value is -2.37. The zero-order valence-corrected chi connectivity index (χ0v) is 15.4. The molecule has 136 valence electrons. The van der Waals surface area contributed by atoms with E-state index < -0.39 is 11.5 Å². The summed E-state index contributed by atoms with van der Waals surface area (Å²) < 4.78 is 5.66. The van der Waals surface area contributed by atoms with Gasteiger partial charge >= 0.3 is 0 Å².